The van der Waals surface area contributed by atoms with Crippen molar-refractivity contribution in [2.45, 2.75) is 20.3 Å². The molecule has 0 spiro atoms. The van der Waals surface area contributed by atoms with Crippen molar-refractivity contribution in [1.82, 2.24) is 0 Å². The monoisotopic (exact) mass is 262 g/mol. The van der Waals surface area contributed by atoms with Crippen LogP contribution >= 0.6 is 23.2 Å². The molecule has 90 valence electrons. The first-order valence-electron chi connectivity index (χ1n) is 5.27. The van der Waals surface area contributed by atoms with E-state index in [2.05, 4.69) is 4.74 Å². The lowest BCUT2D eigenvalue weighted by atomic mass is 9.79. The number of esters is 1. The average molecular weight is 263 g/mol. The number of rotatable bonds is 3. The zero-order valence-corrected chi connectivity index (χ0v) is 11.2. The highest BCUT2D eigenvalue weighted by atomic mass is 35.5. The molecule has 1 aliphatic rings. The summed E-state index contributed by atoms with van der Waals surface area (Å²) in [6, 6.07) is 0. The molecular formula is C12H16Cl2O2. The van der Waals surface area contributed by atoms with Crippen LogP contribution < -0.4 is 0 Å². The van der Waals surface area contributed by atoms with Gasteiger partial charge in [-0.25, -0.2) is 0 Å². The van der Waals surface area contributed by atoms with Gasteiger partial charge in [0.1, 0.15) is 0 Å². The van der Waals surface area contributed by atoms with Crippen molar-refractivity contribution in [2.75, 3.05) is 7.11 Å². The first kappa shape index (κ1) is 13.6. The maximum absolute atomic E-state index is 11.2. The molecule has 3 unspecified atom stereocenters. The van der Waals surface area contributed by atoms with E-state index in [-0.39, 0.29) is 23.7 Å². The average Bonchev–Trinajstić information content (AvgIpc) is 2.25. The maximum Gasteiger partial charge on any atom is 0.305 e. The zero-order chi connectivity index (χ0) is 12.3. The predicted octanol–water partition coefficient (Wildman–Crippen LogP) is 3.70. The van der Waals surface area contributed by atoms with E-state index in [1.165, 1.54) is 7.11 Å². The van der Waals surface area contributed by atoms with Crippen molar-refractivity contribution >= 4 is 29.2 Å². The Morgan fingerprint density at radius 1 is 1.56 bits per heavy atom. The molecular weight excluding hydrogens is 247 g/mol. The van der Waals surface area contributed by atoms with E-state index < -0.39 is 0 Å². The molecule has 0 aromatic rings. The van der Waals surface area contributed by atoms with Gasteiger partial charge in [-0.2, -0.15) is 0 Å². The van der Waals surface area contributed by atoms with Gasteiger partial charge in [-0.05, 0) is 23.8 Å². The van der Waals surface area contributed by atoms with Crippen molar-refractivity contribution in [3.8, 4) is 0 Å². The minimum Gasteiger partial charge on any atom is -0.469 e. The number of carbonyl (C=O) groups is 1. The van der Waals surface area contributed by atoms with Gasteiger partial charge in [-0.1, -0.05) is 43.1 Å². The van der Waals surface area contributed by atoms with Crippen molar-refractivity contribution in [2.24, 2.45) is 17.8 Å². The minimum absolute atomic E-state index is 0.152. The van der Waals surface area contributed by atoms with Crippen LogP contribution in [0.3, 0.4) is 0 Å². The summed E-state index contributed by atoms with van der Waals surface area (Å²) in [6.45, 7) is 4.04. The Hall–Kier alpha value is -0.470. The van der Waals surface area contributed by atoms with Crippen LogP contribution in [0.5, 0.6) is 0 Å². The van der Waals surface area contributed by atoms with Gasteiger partial charge in [0.25, 0.3) is 0 Å². The molecule has 0 radical (unpaired) electrons. The number of methoxy groups -OCH3 is 1. The molecule has 2 nitrogen and oxygen atoms in total. The number of ether oxygens (including phenoxy) is 1. The fourth-order valence-corrected chi connectivity index (χ4v) is 2.45. The van der Waals surface area contributed by atoms with Crippen LogP contribution in [0.1, 0.15) is 20.3 Å². The molecule has 4 heteroatoms. The molecule has 0 bridgehead atoms. The summed E-state index contributed by atoms with van der Waals surface area (Å²) < 4.78 is 4.66. The molecule has 0 heterocycles. The molecule has 0 aromatic heterocycles. The molecule has 0 saturated heterocycles. The number of allylic oxidation sites excluding steroid dienone is 4. The first-order valence-corrected chi connectivity index (χ1v) is 6.03. The Balaban J connectivity index is 2.70. The van der Waals surface area contributed by atoms with Crippen molar-refractivity contribution in [1.29, 1.82) is 0 Å². The quantitative estimate of drug-likeness (QED) is 0.726. The Kier molecular flexibility index (Phi) is 4.88. The van der Waals surface area contributed by atoms with E-state index in [9.17, 15) is 4.79 Å². The molecule has 0 aliphatic heterocycles. The third-order valence-corrected chi connectivity index (χ3v) is 4.02. The summed E-state index contributed by atoms with van der Waals surface area (Å²) in [5, 5.41) is 1.27. The van der Waals surface area contributed by atoms with Gasteiger partial charge in [-0.15, -0.1) is 0 Å². The third kappa shape index (κ3) is 3.02. The van der Waals surface area contributed by atoms with E-state index in [1.807, 2.05) is 26.0 Å². The molecule has 3 atom stereocenters. The lowest BCUT2D eigenvalue weighted by molar-refractivity contribution is -0.141. The molecule has 1 rings (SSSR count). The van der Waals surface area contributed by atoms with Gasteiger partial charge in [0.2, 0.25) is 0 Å². The number of hydrogen-bond acceptors (Lipinski definition) is 2. The minimum atomic E-state index is -0.190. The van der Waals surface area contributed by atoms with Crippen molar-refractivity contribution in [3.05, 3.63) is 22.2 Å². The molecule has 0 saturated carbocycles. The van der Waals surface area contributed by atoms with Crippen LogP contribution in [0.15, 0.2) is 22.2 Å². The Bertz CT molecular complexity index is 334. The van der Waals surface area contributed by atoms with E-state index in [0.717, 1.165) is 0 Å². The normalized spacial score (nSPS) is 26.8. The van der Waals surface area contributed by atoms with Crippen molar-refractivity contribution < 1.29 is 9.53 Å². The summed E-state index contributed by atoms with van der Waals surface area (Å²) in [5.74, 6) is 0.384. The topological polar surface area (TPSA) is 26.3 Å². The smallest absolute Gasteiger partial charge is 0.305 e. The van der Waals surface area contributed by atoms with Crippen LogP contribution in [0.4, 0.5) is 0 Å². The van der Waals surface area contributed by atoms with Crippen LogP contribution in [0.25, 0.3) is 0 Å². The SMILES string of the molecule is COC(=O)CC(C)C1C=CC(Cl)=C(Cl)C1C. The predicted molar refractivity (Wildman–Crippen MR) is 66.3 cm³/mol. The van der Waals surface area contributed by atoms with Gasteiger partial charge in [0.15, 0.2) is 0 Å². The standard InChI is InChI=1S/C12H16Cl2O2/c1-7(6-11(15)16-3)9-4-5-10(13)12(14)8(9)2/h4-5,7-9H,6H2,1-3H3. The summed E-state index contributed by atoms with van der Waals surface area (Å²) in [4.78, 5) is 11.2. The third-order valence-electron chi connectivity index (χ3n) is 3.04. The highest BCUT2D eigenvalue weighted by molar-refractivity contribution is 6.40. The van der Waals surface area contributed by atoms with Crippen LogP contribution in [-0.2, 0) is 9.53 Å². The maximum atomic E-state index is 11.2. The number of halogens is 2. The first-order chi connectivity index (χ1) is 7.47. The Labute approximate surface area is 106 Å². The van der Waals surface area contributed by atoms with Crippen molar-refractivity contribution in [3.63, 3.8) is 0 Å². The highest BCUT2D eigenvalue weighted by Gasteiger charge is 2.28. The van der Waals surface area contributed by atoms with Gasteiger partial charge in [0.05, 0.1) is 12.1 Å². The van der Waals surface area contributed by atoms with E-state index in [4.69, 9.17) is 23.2 Å². The fraction of sp³-hybridized carbons (Fsp3) is 0.583. The van der Waals surface area contributed by atoms with Crippen LogP contribution in [-0.4, -0.2) is 13.1 Å². The second kappa shape index (κ2) is 5.74. The van der Waals surface area contributed by atoms with Gasteiger partial charge < -0.3 is 4.74 Å². The molecule has 0 aromatic carbocycles. The second-order valence-corrected chi connectivity index (χ2v) is 4.99. The van der Waals surface area contributed by atoms with Crippen LogP contribution in [0, 0.1) is 17.8 Å². The molecule has 16 heavy (non-hydrogen) atoms. The summed E-state index contributed by atoms with van der Waals surface area (Å²) in [5.41, 5.74) is 0. The van der Waals surface area contributed by atoms with Gasteiger partial charge in [0, 0.05) is 11.5 Å². The largest absolute Gasteiger partial charge is 0.469 e. The summed E-state index contributed by atoms with van der Waals surface area (Å²) >= 11 is 12.0. The Morgan fingerprint density at radius 2 is 2.19 bits per heavy atom. The highest BCUT2D eigenvalue weighted by Crippen LogP contribution is 2.38. The fourth-order valence-electron chi connectivity index (χ4n) is 1.99. The molecule has 0 fully saturated rings. The van der Waals surface area contributed by atoms with Crippen LogP contribution in [0.2, 0.25) is 0 Å². The molecule has 1 aliphatic carbocycles. The molecule has 0 N–H and O–H groups in total. The van der Waals surface area contributed by atoms with Gasteiger partial charge in [-0.3, -0.25) is 4.79 Å². The van der Waals surface area contributed by atoms with Gasteiger partial charge >= 0.3 is 5.97 Å². The van der Waals surface area contributed by atoms with E-state index >= 15 is 0 Å². The summed E-state index contributed by atoms with van der Waals surface area (Å²) in [6.07, 6.45) is 4.23. The molecule has 0 amide bonds. The number of hydrogen-bond donors (Lipinski definition) is 0. The Morgan fingerprint density at radius 3 is 2.75 bits per heavy atom. The summed E-state index contributed by atoms with van der Waals surface area (Å²) in [7, 11) is 1.40. The second-order valence-electron chi connectivity index (χ2n) is 4.18. The lowest BCUT2D eigenvalue weighted by Crippen LogP contribution is -2.23. The lowest BCUT2D eigenvalue weighted by Gasteiger charge is -2.29. The van der Waals surface area contributed by atoms with E-state index in [1.54, 1.807) is 0 Å². The van der Waals surface area contributed by atoms with E-state index in [0.29, 0.717) is 16.5 Å². The number of carbonyl (C=O) groups excluding carboxylic acids is 1. The zero-order valence-electron chi connectivity index (χ0n) is 9.67.